The van der Waals surface area contributed by atoms with Crippen molar-refractivity contribution in [3.05, 3.63) is 202 Å². The molecule has 0 aliphatic carbocycles. The number of fused-ring (bicyclic) bond motifs is 2. The highest BCUT2D eigenvalue weighted by Crippen LogP contribution is 2.34. The van der Waals surface area contributed by atoms with Crippen LogP contribution in [0.3, 0.4) is 0 Å². The third kappa shape index (κ3) is 6.45. The molecule has 0 aliphatic rings. The summed E-state index contributed by atoms with van der Waals surface area (Å²) in [4.78, 5) is 0. The van der Waals surface area contributed by atoms with Gasteiger partial charge in [-0.3, -0.25) is 0 Å². The van der Waals surface area contributed by atoms with Crippen molar-refractivity contribution in [2.75, 3.05) is 0 Å². The van der Waals surface area contributed by atoms with Crippen molar-refractivity contribution in [2.45, 2.75) is 0 Å². The quantitative estimate of drug-likeness (QED) is 0.124. The zero-order valence-electron chi connectivity index (χ0n) is 25.0. The molecule has 0 amide bonds. The van der Waals surface area contributed by atoms with E-state index in [9.17, 15) is 0 Å². The Balaban J connectivity index is 1.49. The summed E-state index contributed by atoms with van der Waals surface area (Å²) < 4.78 is 0. The molecular formula is C46H26. The molecule has 0 spiro atoms. The van der Waals surface area contributed by atoms with E-state index in [1.807, 2.05) is 121 Å². The minimum Gasteiger partial charge on any atom is -0.0622 e. The second kappa shape index (κ2) is 13.3. The Morgan fingerprint density at radius 3 is 0.826 bits per heavy atom. The lowest BCUT2D eigenvalue weighted by Gasteiger charge is -2.12. The van der Waals surface area contributed by atoms with Crippen LogP contribution in [0.15, 0.2) is 158 Å². The van der Waals surface area contributed by atoms with Crippen LogP contribution >= 0.6 is 0 Å². The minimum absolute atomic E-state index is 0.922. The van der Waals surface area contributed by atoms with Crippen molar-refractivity contribution in [2.24, 2.45) is 0 Å². The SMILES string of the molecule is C(#Cc1ccc2c(C#Cc3ccccc3)c3cc(C#Cc4ccccc4)ccc3c(C#Cc3ccccc3)c2c1)c1ccccc1. The van der Waals surface area contributed by atoms with E-state index >= 15 is 0 Å². The molecule has 46 heavy (non-hydrogen) atoms. The molecule has 0 radical (unpaired) electrons. The Hall–Kier alpha value is -6.70. The Kier molecular flexibility index (Phi) is 8.12. The van der Waals surface area contributed by atoms with E-state index in [0.29, 0.717) is 0 Å². The number of rotatable bonds is 0. The van der Waals surface area contributed by atoms with Crippen LogP contribution in [0.25, 0.3) is 21.5 Å². The second-order valence-electron chi connectivity index (χ2n) is 10.7. The summed E-state index contributed by atoms with van der Waals surface area (Å²) in [5.74, 6) is 27.3. The lowest BCUT2D eigenvalue weighted by molar-refractivity contribution is 1.62. The lowest BCUT2D eigenvalue weighted by Crippen LogP contribution is -1.93. The molecule has 0 nitrogen and oxygen atoms in total. The minimum atomic E-state index is 0.922. The Bertz CT molecular complexity index is 2260. The monoisotopic (exact) mass is 578 g/mol. The maximum atomic E-state index is 3.54. The molecule has 0 heteroatoms. The maximum Gasteiger partial charge on any atom is 0.0407 e. The summed E-state index contributed by atoms with van der Waals surface area (Å²) in [6.07, 6.45) is 0. The average Bonchev–Trinajstić information content (AvgIpc) is 3.13. The molecule has 0 saturated heterocycles. The van der Waals surface area contributed by atoms with Crippen LogP contribution in [-0.2, 0) is 0 Å². The predicted molar refractivity (Wildman–Crippen MR) is 191 cm³/mol. The first-order valence-corrected chi connectivity index (χ1v) is 15.1. The van der Waals surface area contributed by atoms with Crippen LogP contribution in [0.5, 0.6) is 0 Å². The average molecular weight is 579 g/mol. The van der Waals surface area contributed by atoms with E-state index in [0.717, 1.165) is 66.1 Å². The highest BCUT2D eigenvalue weighted by atomic mass is 14.1. The maximum absolute atomic E-state index is 3.54. The van der Waals surface area contributed by atoms with Gasteiger partial charge in [-0.2, -0.15) is 0 Å². The first-order chi connectivity index (χ1) is 22.8. The van der Waals surface area contributed by atoms with Gasteiger partial charge >= 0.3 is 0 Å². The van der Waals surface area contributed by atoms with Gasteiger partial charge in [0.2, 0.25) is 0 Å². The van der Waals surface area contributed by atoms with Crippen LogP contribution in [0.2, 0.25) is 0 Å². The van der Waals surface area contributed by atoms with Crippen LogP contribution in [0.4, 0.5) is 0 Å². The fourth-order valence-corrected chi connectivity index (χ4v) is 5.30. The van der Waals surface area contributed by atoms with Crippen molar-refractivity contribution in [3.63, 3.8) is 0 Å². The van der Waals surface area contributed by atoms with Gasteiger partial charge in [-0.1, -0.05) is 132 Å². The Morgan fingerprint density at radius 1 is 0.217 bits per heavy atom. The molecule has 7 rings (SSSR count). The van der Waals surface area contributed by atoms with Gasteiger partial charge in [-0.05, 0) is 83.6 Å². The number of hydrogen-bond acceptors (Lipinski definition) is 0. The molecule has 0 atom stereocenters. The highest BCUT2D eigenvalue weighted by Gasteiger charge is 2.13. The van der Waals surface area contributed by atoms with Gasteiger partial charge in [0.05, 0.1) is 0 Å². The molecule has 0 heterocycles. The van der Waals surface area contributed by atoms with Gasteiger partial charge in [-0.15, -0.1) is 0 Å². The largest absolute Gasteiger partial charge is 0.0622 e. The van der Waals surface area contributed by atoms with Crippen LogP contribution < -0.4 is 0 Å². The molecule has 0 fully saturated rings. The van der Waals surface area contributed by atoms with Crippen LogP contribution in [0.1, 0.15) is 44.5 Å². The molecule has 0 aromatic heterocycles. The van der Waals surface area contributed by atoms with Gasteiger partial charge in [0.1, 0.15) is 0 Å². The Morgan fingerprint density at radius 2 is 0.500 bits per heavy atom. The van der Waals surface area contributed by atoms with E-state index < -0.39 is 0 Å². The normalized spacial score (nSPS) is 9.91. The van der Waals surface area contributed by atoms with Crippen molar-refractivity contribution >= 4 is 21.5 Å². The molecule has 7 aromatic rings. The van der Waals surface area contributed by atoms with Crippen molar-refractivity contribution < 1.29 is 0 Å². The van der Waals surface area contributed by atoms with E-state index in [4.69, 9.17) is 0 Å². The summed E-state index contributed by atoms with van der Waals surface area (Å²) in [6.45, 7) is 0. The standard InChI is InChI=1S/C46H26/c1-5-13-35(14-6-1)21-23-39-27-31-43-42(30-26-38-19-11-4-12-20-38)46-34-40(24-22-36-15-7-2-8-16-36)28-32-44(46)41(45(43)33-39)29-25-37-17-9-3-10-18-37/h1-20,27-28,31-34H. The summed E-state index contributed by atoms with van der Waals surface area (Å²) in [5.41, 5.74) is 7.61. The fraction of sp³-hybridized carbons (Fsp3) is 0. The van der Waals surface area contributed by atoms with Crippen molar-refractivity contribution in [1.82, 2.24) is 0 Å². The molecule has 0 N–H and O–H groups in total. The van der Waals surface area contributed by atoms with Gasteiger partial charge in [0.15, 0.2) is 0 Å². The summed E-state index contributed by atoms with van der Waals surface area (Å²) in [6, 6.07) is 53.0. The summed E-state index contributed by atoms with van der Waals surface area (Å²) in [7, 11) is 0. The van der Waals surface area contributed by atoms with E-state index in [1.165, 1.54) is 0 Å². The number of hydrogen-bond donors (Lipinski definition) is 0. The second-order valence-corrected chi connectivity index (χ2v) is 10.7. The Labute approximate surface area is 270 Å². The summed E-state index contributed by atoms with van der Waals surface area (Å²) in [5, 5.41) is 4.12. The predicted octanol–water partition coefficient (Wildman–Crippen LogP) is 9.59. The van der Waals surface area contributed by atoms with Crippen LogP contribution in [0, 0.1) is 47.4 Å². The van der Waals surface area contributed by atoms with Gasteiger partial charge in [-0.25, -0.2) is 0 Å². The van der Waals surface area contributed by atoms with Crippen molar-refractivity contribution in [3.8, 4) is 47.4 Å². The van der Waals surface area contributed by atoms with Crippen molar-refractivity contribution in [1.29, 1.82) is 0 Å². The first-order valence-electron chi connectivity index (χ1n) is 15.1. The molecule has 0 bridgehead atoms. The van der Waals surface area contributed by atoms with E-state index in [1.54, 1.807) is 0 Å². The third-order valence-electron chi connectivity index (χ3n) is 7.58. The number of benzene rings is 7. The molecule has 0 saturated carbocycles. The smallest absolute Gasteiger partial charge is 0.0407 e. The fourth-order valence-electron chi connectivity index (χ4n) is 5.30. The molecule has 210 valence electrons. The van der Waals surface area contributed by atoms with Gasteiger partial charge in [0, 0.05) is 55.3 Å². The molecule has 0 unspecified atom stereocenters. The lowest BCUT2D eigenvalue weighted by atomic mass is 9.90. The topological polar surface area (TPSA) is 0 Å². The highest BCUT2D eigenvalue weighted by molar-refractivity contribution is 6.10. The van der Waals surface area contributed by atoms with Gasteiger partial charge in [0.25, 0.3) is 0 Å². The van der Waals surface area contributed by atoms with Crippen LogP contribution in [-0.4, -0.2) is 0 Å². The summed E-state index contributed by atoms with van der Waals surface area (Å²) >= 11 is 0. The van der Waals surface area contributed by atoms with E-state index in [2.05, 4.69) is 83.8 Å². The molecule has 0 aliphatic heterocycles. The third-order valence-corrected chi connectivity index (χ3v) is 7.58. The zero-order chi connectivity index (χ0) is 31.0. The van der Waals surface area contributed by atoms with E-state index in [-0.39, 0.29) is 0 Å². The zero-order valence-corrected chi connectivity index (χ0v) is 25.0. The molecular weight excluding hydrogens is 553 g/mol. The molecule has 7 aromatic carbocycles. The van der Waals surface area contributed by atoms with Gasteiger partial charge < -0.3 is 0 Å². The first kappa shape index (κ1) is 28.1.